The van der Waals surface area contributed by atoms with Crippen LogP contribution in [0.3, 0.4) is 0 Å². The second-order valence-corrected chi connectivity index (χ2v) is 6.55. The lowest BCUT2D eigenvalue weighted by atomic mass is 10.2. The minimum absolute atomic E-state index is 0.0297. The second kappa shape index (κ2) is 7.55. The number of benzene rings is 1. The molecule has 1 saturated heterocycles. The van der Waals surface area contributed by atoms with Crippen molar-refractivity contribution in [2.24, 2.45) is 0 Å². The van der Waals surface area contributed by atoms with Gasteiger partial charge in [0.15, 0.2) is 0 Å². The van der Waals surface area contributed by atoms with Crippen LogP contribution in [0, 0.1) is 0 Å². The molecule has 120 valence electrons. The summed E-state index contributed by atoms with van der Waals surface area (Å²) in [6.07, 6.45) is 7.76. The minimum Gasteiger partial charge on any atom is -0.339 e. The molecule has 23 heavy (non-hydrogen) atoms. The number of nitrogens with zero attached hydrogens (tertiary/aromatic N) is 3. The Bertz CT molecular complexity index is 649. The van der Waals surface area contributed by atoms with Crippen LogP contribution in [-0.4, -0.2) is 33.9 Å². The highest BCUT2D eigenvalue weighted by Gasteiger charge is 2.17. The number of amides is 1. The number of likely N-dealkylation sites (tertiary alicyclic amines) is 1. The maximum Gasteiger partial charge on any atom is 0.256 e. The highest BCUT2D eigenvalue weighted by Crippen LogP contribution is 2.17. The molecule has 1 aromatic carbocycles. The van der Waals surface area contributed by atoms with Crippen LogP contribution < -0.4 is 5.32 Å². The predicted octanol–water partition coefficient (Wildman–Crippen LogP) is 4.00. The number of anilines is 2. The standard InChI is InChI=1S/C17H19BrN4O/c18-14-5-7-15(8-6-14)21-17-19-11-13(12-20-17)16(23)22-9-3-1-2-4-10-22/h5-8,11-12H,1-4,9-10H2,(H,19,20,21). The van der Waals surface area contributed by atoms with Gasteiger partial charge in [0.25, 0.3) is 5.91 Å². The van der Waals surface area contributed by atoms with Crippen LogP contribution in [0.15, 0.2) is 41.1 Å². The molecule has 2 heterocycles. The molecular weight excluding hydrogens is 356 g/mol. The molecule has 3 rings (SSSR count). The number of halogens is 1. The van der Waals surface area contributed by atoms with E-state index < -0.39 is 0 Å². The quantitative estimate of drug-likeness (QED) is 0.881. The number of rotatable bonds is 3. The highest BCUT2D eigenvalue weighted by molar-refractivity contribution is 9.10. The van der Waals surface area contributed by atoms with E-state index in [0.29, 0.717) is 11.5 Å². The van der Waals surface area contributed by atoms with Crippen LogP contribution in [0.25, 0.3) is 0 Å². The Balaban J connectivity index is 1.66. The average molecular weight is 375 g/mol. The van der Waals surface area contributed by atoms with Crippen molar-refractivity contribution in [3.8, 4) is 0 Å². The van der Waals surface area contributed by atoms with Gasteiger partial charge in [0, 0.05) is 35.6 Å². The van der Waals surface area contributed by atoms with Crippen molar-refractivity contribution in [3.63, 3.8) is 0 Å². The Morgan fingerprint density at radius 1 is 1.00 bits per heavy atom. The van der Waals surface area contributed by atoms with E-state index in [1.54, 1.807) is 12.4 Å². The third-order valence-electron chi connectivity index (χ3n) is 3.89. The molecule has 0 saturated carbocycles. The van der Waals surface area contributed by atoms with Crippen molar-refractivity contribution in [1.82, 2.24) is 14.9 Å². The lowest BCUT2D eigenvalue weighted by Gasteiger charge is -2.19. The van der Waals surface area contributed by atoms with E-state index >= 15 is 0 Å². The molecule has 1 aromatic heterocycles. The van der Waals surface area contributed by atoms with E-state index in [-0.39, 0.29) is 5.91 Å². The van der Waals surface area contributed by atoms with Crippen molar-refractivity contribution in [2.75, 3.05) is 18.4 Å². The zero-order valence-electron chi connectivity index (χ0n) is 12.8. The van der Waals surface area contributed by atoms with E-state index in [9.17, 15) is 4.79 Å². The van der Waals surface area contributed by atoms with Gasteiger partial charge in [-0.15, -0.1) is 0 Å². The van der Waals surface area contributed by atoms with Crippen LogP contribution in [0.1, 0.15) is 36.0 Å². The molecule has 0 bridgehead atoms. The number of hydrogen-bond donors (Lipinski definition) is 1. The SMILES string of the molecule is O=C(c1cnc(Nc2ccc(Br)cc2)nc1)N1CCCCCC1. The molecule has 1 fully saturated rings. The van der Waals surface area contributed by atoms with Gasteiger partial charge in [-0.25, -0.2) is 9.97 Å². The first-order valence-electron chi connectivity index (χ1n) is 7.86. The van der Waals surface area contributed by atoms with E-state index in [2.05, 4.69) is 31.2 Å². The van der Waals surface area contributed by atoms with Gasteiger partial charge in [-0.1, -0.05) is 28.8 Å². The maximum atomic E-state index is 12.5. The molecule has 0 aliphatic carbocycles. The van der Waals surface area contributed by atoms with E-state index in [4.69, 9.17) is 0 Å². The van der Waals surface area contributed by atoms with Crippen LogP contribution in [0.5, 0.6) is 0 Å². The first kappa shape index (κ1) is 15.9. The molecule has 0 radical (unpaired) electrons. The molecule has 1 N–H and O–H groups in total. The molecule has 1 aliphatic rings. The molecule has 6 heteroatoms. The number of nitrogens with one attached hydrogen (secondary N) is 1. The smallest absolute Gasteiger partial charge is 0.256 e. The van der Waals surface area contributed by atoms with Crippen molar-refractivity contribution in [1.29, 1.82) is 0 Å². The summed E-state index contributed by atoms with van der Waals surface area (Å²) in [6, 6.07) is 7.76. The Morgan fingerprint density at radius 3 is 2.22 bits per heavy atom. The summed E-state index contributed by atoms with van der Waals surface area (Å²) < 4.78 is 1.02. The third kappa shape index (κ3) is 4.28. The number of carbonyl (C=O) groups is 1. The summed E-state index contributed by atoms with van der Waals surface area (Å²) in [5.74, 6) is 0.516. The molecule has 0 spiro atoms. The highest BCUT2D eigenvalue weighted by atomic mass is 79.9. The van der Waals surface area contributed by atoms with Gasteiger partial charge in [0.1, 0.15) is 0 Å². The fourth-order valence-corrected chi connectivity index (χ4v) is 2.89. The van der Waals surface area contributed by atoms with E-state index in [1.165, 1.54) is 12.8 Å². The van der Waals surface area contributed by atoms with Crippen LogP contribution in [-0.2, 0) is 0 Å². The Hall–Kier alpha value is -1.95. The zero-order chi connectivity index (χ0) is 16.1. The van der Waals surface area contributed by atoms with Crippen LogP contribution in [0.4, 0.5) is 11.6 Å². The predicted molar refractivity (Wildman–Crippen MR) is 93.8 cm³/mol. The summed E-state index contributed by atoms with van der Waals surface area (Å²) in [5.41, 5.74) is 1.45. The van der Waals surface area contributed by atoms with E-state index in [0.717, 1.165) is 36.1 Å². The maximum absolute atomic E-state index is 12.5. The van der Waals surface area contributed by atoms with Gasteiger partial charge in [-0.2, -0.15) is 0 Å². The molecule has 1 amide bonds. The molecule has 0 atom stereocenters. The largest absolute Gasteiger partial charge is 0.339 e. The molecule has 2 aromatic rings. The number of hydrogen-bond acceptors (Lipinski definition) is 4. The van der Waals surface area contributed by atoms with Crippen molar-refractivity contribution in [3.05, 3.63) is 46.7 Å². The number of carbonyl (C=O) groups excluding carboxylic acids is 1. The van der Waals surface area contributed by atoms with Gasteiger partial charge in [-0.3, -0.25) is 4.79 Å². The monoisotopic (exact) mass is 374 g/mol. The van der Waals surface area contributed by atoms with Gasteiger partial charge in [0.2, 0.25) is 5.95 Å². The van der Waals surface area contributed by atoms with Crippen molar-refractivity contribution < 1.29 is 4.79 Å². The summed E-state index contributed by atoms with van der Waals surface area (Å²) in [4.78, 5) is 22.9. The summed E-state index contributed by atoms with van der Waals surface area (Å²) in [5, 5.41) is 3.12. The molecule has 0 unspecified atom stereocenters. The Labute approximate surface area is 144 Å². The molecular formula is C17H19BrN4O. The first-order chi connectivity index (χ1) is 11.2. The number of aromatic nitrogens is 2. The van der Waals surface area contributed by atoms with Gasteiger partial charge in [-0.05, 0) is 37.1 Å². The Morgan fingerprint density at radius 2 is 1.61 bits per heavy atom. The van der Waals surface area contributed by atoms with Gasteiger partial charge in [0.05, 0.1) is 5.56 Å². The molecule has 5 nitrogen and oxygen atoms in total. The van der Waals surface area contributed by atoms with Crippen LogP contribution >= 0.6 is 15.9 Å². The molecule has 1 aliphatic heterocycles. The normalized spacial score (nSPS) is 15.1. The lowest BCUT2D eigenvalue weighted by molar-refractivity contribution is 0.0761. The summed E-state index contributed by atoms with van der Waals surface area (Å²) >= 11 is 3.40. The van der Waals surface area contributed by atoms with Crippen molar-refractivity contribution >= 4 is 33.5 Å². The van der Waals surface area contributed by atoms with Gasteiger partial charge < -0.3 is 10.2 Å². The summed E-state index contributed by atoms with van der Waals surface area (Å²) in [6.45, 7) is 1.66. The third-order valence-corrected chi connectivity index (χ3v) is 4.42. The van der Waals surface area contributed by atoms with E-state index in [1.807, 2.05) is 29.2 Å². The fourth-order valence-electron chi connectivity index (χ4n) is 2.62. The van der Waals surface area contributed by atoms with Crippen LogP contribution in [0.2, 0.25) is 0 Å². The first-order valence-corrected chi connectivity index (χ1v) is 8.65. The second-order valence-electron chi connectivity index (χ2n) is 5.63. The Kier molecular flexibility index (Phi) is 5.23. The lowest BCUT2D eigenvalue weighted by Crippen LogP contribution is -2.32. The van der Waals surface area contributed by atoms with Crippen molar-refractivity contribution in [2.45, 2.75) is 25.7 Å². The average Bonchev–Trinajstić information content (AvgIpc) is 2.86. The fraction of sp³-hybridized carbons (Fsp3) is 0.353. The minimum atomic E-state index is 0.0297. The topological polar surface area (TPSA) is 58.1 Å². The zero-order valence-corrected chi connectivity index (χ0v) is 14.4. The van der Waals surface area contributed by atoms with Gasteiger partial charge >= 0.3 is 0 Å². The summed E-state index contributed by atoms with van der Waals surface area (Å²) in [7, 11) is 0.